The molecule has 0 aromatic heterocycles. The van der Waals surface area contributed by atoms with E-state index in [0.29, 0.717) is 31.2 Å². The van der Waals surface area contributed by atoms with E-state index < -0.39 is 129 Å². The largest absolute Gasteiger partial charge is 0.469 e. The first kappa shape index (κ1) is 46.4. The number of phosphoric ester groups is 1. The van der Waals surface area contributed by atoms with Crippen LogP contribution in [0.1, 0.15) is 71.8 Å². The number of hydrogen-bond acceptors (Lipinski definition) is 11. The van der Waals surface area contributed by atoms with Crippen LogP contribution in [0.5, 0.6) is 0 Å². The van der Waals surface area contributed by atoms with Crippen LogP contribution < -0.4 is 16.0 Å². The fourth-order valence-electron chi connectivity index (χ4n) is 8.77. The zero-order valence-electron chi connectivity index (χ0n) is 34.8. The predicted molar refractivity (Wildman–Crippen MR) is 213 cm³/mol. The fraction of sp³-hybridized carbons (Fsp3) is 0.600. The number of nitrogens with one attached hydrogen (secondary N) is 3. The Balaban J connectivity index is 1.39. The normalized spacial score (nSPS) is 29.2. The second-order valence-corrected chi connectivity index (χ2v) is 18.0. The smallest absolute Gasteiger partial charge is 0.458 e. The van der Waals surface area contributed by atoms with Gasteiger partial charge >= 0.3 is 13.8 Å². The molecule has 4 fully saturated rings. The lowest BCUT2D eigenvalue weighted by Crippen LogP contribution is -2.63. The maximum absolute atomic E-state index is 14.9. The molecule has 5 heterocycles. The number of allylic oxidation sites excluding steroid dienone is 1. The Bertz CT molecular complexity index is 2080. The Morgan fingerprint density at radius 3 is 2.31 bits per heavy atom. The second kappa shape index (κ2) is 19.1. The molecule has 0 saturated carbocycles. The summed E-state index contributed by atoms with van der Waals surface area (Å²) in [7, 11) is -5.20. The molecule has 19 nitrogen and oxygen atoms in total. The van der Waals surface area contributed by atoms with Gasteiger partial charge in [0.2, 0.25) is 35.4 Å². The summed E-state index contributed by atoms with van der Waals surface area (Å²) in [5, 5.41) is 7.74. The summed E-state index contributed by atoms with van der Waals surface area (Å²) >= 11 is 0. The number of hydrogen-bond donors (Lipinski definition) is 5. The fourth-order valence-corrected chi connectivity index (χ4v) is 9.31. The average molecular weight is 892 g/mol. The maximum atomic E-state index is 14.9. The van der Waals surface area contributed by atoms with Gasteiger partial charge in [-0.3, -0.25) is 38.3 Å². The standard InChI is InChI=1S/C40H52F2N7O12P/c1-20-9-27(43-17-20)15-33(50)45-29(13-24-11-25(41)14-26(42)12-24)35(51)46-34-23(4)60-40(56)32-10-21(2)18-48(32)37(53)22(3)44-36(52)30-7-5-6-8-47(30)38(54)31-16-28(61-62(57,58)59)19-49(31)39(34)55/h9,11-12,14,21-23,28-32,34H,5-8,10,13,15-19H2,1-4H3,(H,44,52)(H,45,50)(H,46,51)(H2,57,58,59)/t21-,22+,23+,28-,29+,30+,31+,32+,34+/m1/s1. The molecule has 0 radical (unpaired) electrons. The number of fused-ring (bicyclic) bond motifs is 3. The molecule has 62 heavy (non-hydrogen) atoms. The molecule has 0 aliphatic carbocycles. The van der Waals surface area contributed by atoms with Crippen molar-refractivity contribution in [2.75, 3.05) is 26.2 Å². The Kier molecular flexibility index (Phi) is 14.3. The molecule has 5 N–H and O–H groups in total. The van der Waals surface area contributed by atoms with Crippen molar-refractivity contribution in [2.45, 2.75) is 121 Å². The van der Waals surface area contributed by atoms with Gasteiger partial charge < -0.3 is 45.2 Å². The van der Waals surface area contributed by atoms with E-state index in [1.54, 1.807) is 13.0 Å². The third-order valence-electron chi connectivity index (χ3n) is 11.6. The molecule has 5 aliphatic rings. The van der Waals surface area contributed by atoms with Crippen molar-refractivity contribution in [3.8, 4) is 0 Å². The molecule has 1 aromatic rings. The number of rotatable bonds is 9. The molecule has 6 amide bonds. The van der Waals surface area contributed by atoms with E-state index in [-0.39, 0.29) is 43.8 Å². The molecule has 0 spiro atoms. The van der Waals surface area contributed by atoms with Gasteiger partial charge in [0.25, 0.3) is 0 Å². The number of halogens is 2. The number of aliphatic imine (C=N–C) groups is 1. The summed E-state index contributed by atoms with van der Waals surface area (Å²) < 4.78 is 51.6. The van der Waals surface area contributed by atoms with Gasteiger partial charge in [0.05, 0.1) is 19.1 Å². The van der Waals surface area contributed by atoms with Gasteiger partial charge in [-0.2, -0.15) is 0 Å². The molecule has 6 rings (SSSR count). The Labute approximate surface area is 356 Å². The van der Waals surface area contributed by atoms with Crippen LogP contribution in [0.2, 0.25) is 0 Å². The first-order chi connectivity index (χ1) is 29.2. The minimum atomic E-state index is -5.20. The quantitative estimate of drug-likeness (QED) is 0.167. The summed E-state index contributed by atoms with van der Waals surface area (Å²) in [5.41, 5.74) is 1.26. The van der Waals surface area contributed by atoms with Crippen LogP contribution in [0.25, 0.3) is 0 Å². The monoisotopic (exact) mass is 891 g/mol. The number of amides is 6. The van der Waals surface area contributed by atoms with E-state index in [1.807, 2.05) is 6.92 Å². The molecule has 1 aromatic carbocycles. The van der Waals surface area contributed by atoms with Crippen LogP contribution in [0.3, 0.4) is 0 Å². The summed E-state index contributed by atoms with van der Waals surface area (Å²) in [6.07, 6.45) is -1.13. The van der Waals surface area contributed by atoms with Crippen molar-refractivity contribution in [3.63, 3.8) is 0 Å². The van der Waals surface area contributed by atoms with Gasteiger partial charge in [-0.15, -0.1) is 0 Å². The minimum absolute atomic E-state index is 0.0437. The molecule has 0 bridgehead atoms. The van der Waals surface area contributed by atoms with Crippen molar-refractivity contribution >= 4 is 54.9 Å². The lowest BCUT2D eigenvalue weighted by Gasteiger charge is -2.39. The molecule has 338 valence electrons. The predicted octanol–water partition coefficient (Wildman–Crippen LogP) is 0.415. The zero-order valence-corrected chi connectivity index (χ0v) is 35.6. The molecule has 0 unspecified atom stereocenters. The lowest BCUT2D eigenvalue weighted by atomic mass is 9.98. The van der Waals surface area contributed by atoms with Crippen LogP contribution in [0, 0.1) is 17.6 Å². The van der Waals surface area contributed by atoms with Gasteiger partial charge in [0, 0.05) is 44.3 Å². The Hall–Kier alpha value is -5.11. The Morgan fingerprint density at radius 2 is 1.65 bits per heavy atom. The van der Waals surface area contributed by atoms with E-state index in [0.717, 1.165) is 22.6 Å². The minimum Gasteiger partial charge on any atom is -0.458 e. The number of benzene rings is 1. The first-order valence-electron chi connectivity index (χ1n) is 20.6. The molecular weight excluding hydrogens is 839 g/mol. The summed E-state index contributed by atoms with van der Waals surface area (Å²) in [6.45, 7) is 6.31. The van der Waals surface area contributed by atoms with Crippen molar-refractivity contribution in [2.24, 2.45) is 10.9 Å². The van der Waals surface area contributed by atoms with Crippen LogP contribution in [-0.4, -0.2) is 146 Å². The summed E-state index contributed by atoms with van der Waals surface area (Å²) in [5.74, 6) is -7.95. The highest BCUT2D eigenvalue weighted by atomic mass is 31.2. The Morgan fingerprint density at radius 1 is 0.952 bits per heavy atom. The highest BCUT2D eigenvalue weighted by molar-refractivity contribution is 7.46. The maximum Gasteiger partial charge on any atom is 0.469 e. The number of carbonyl (C=O) groups excluding carboxylic acids is 7. The van der Waals surface area contributed by atoms with Crippen molar-refractivity contribution in [1.29, 1.82) is 0 Å². The van der Waals surface area contributed by atoms with E-state index in [2.05, 4.69) is 20.9 Å². The zero-order chi connectivity index (χ0) is 45.2. The topological polar surface area (TPSA) is 254 Å². The van der Waals surface area contributed by atoms with Gasteiger partial charge in [-0.25, -0.2) is 18.1 Å². The molecule has 22 heteroatoms. The molecule has 5 aliphatic heterocycles. The van der Waals surface area contributed by atoms with Gasteiger partial charge in [-0.1, -0.05) is 12.5 Å². The number of phosphoric acid groups is 1. The molecular formula is C40H52F2N7O12P. The molecule has 9 atom stereocenters. The highest BCUT2D eigenvalue weighted by Crippen LogP contribution is 2.41. The number of ether oxygens (including phenoxy) is 1. The summed E-state index contributed by atoms with van der Waals surface area (Å²) in [4.78, 5) is 126. The van der Waals surface area contributed by atoms with E-state index >= 15 is 0 Å². The molecule has 4 saturated heterocycles. The van der Waals surface area contributed by atoms with E-state index in [4.69, 9.17) is 9.26 Å². The van der Waals surface area contributed by atoms with E-state index in [1.165, 1.54) is 23.6 Å². The van der Waals surface area contributed by atoms with Gasteiger partial charge in [0.1, 0.15) is 54.0 Å². The third kappa shape index (κ3) is 11.1. The number of cyclic esters (lactones) is 1. The van der Waals surface area contributed by atoms with Crippen molar-refractivity contribution < 1.29 is 66.0 Å². The van der Waals surface area contributed by atoms with Crippen molar-refractivity contribution in [3.05, 3.63) is 47.0 Å². The van der Waals surface area contributed by atoms with Crippen LogP contribution in [0.4, 0.5) is 8.78 Å². The van der Waals surface area contributed by atoms with Crippen LogP contribution in [-0.2, 0) is 53.8 Å². The number of piperidine rings is 1. The number of nitrogens with zero attached hydrogens (tertiary/aromatic N) is 4. The van der Waals surface area contributed by atoms with Gasteiger partial charge in [-0.05, 0) is 76.1 Å². The third-order valence-corrected chi connectivity index (χ3v) is 12.2. The lowest BCUT2D eigenvalue weighted by molar-refractivity contribution is -0.163. The van der Waals surface area contributed by atoms with Crippen molar-refractivity contribution in [1.82, 2.24) is 30.7 Å². The highest BCUT2D eigenvalue weighted by Gasteiger charge is 2.50. The number of esters is 1. The van der Waals surface area contributed by atoms with Gasteiger partial charge in [0.15, 0.2) is 0 Å². The second-order valence-electron chi connectivity index (χ2n) is 16.8. The average Bonchev–Trinajstić information content (AvgIpc) is 3.91. The number of carbonyl (C=O) groups is 7. The van der Waals surface area contributed by atoms with Crippen LogP contribution >= 0.6 is 7.82 Å². The summed E-state index contributed by atoms with van der Waals surface area (Å²) in [6, 6.07) is -5.87. The van der Waals surface area contributed by atoms with Crippen LogP contribution in [0.15, 0.2) is 34.8 Å². The van der Waals surface area contributed by atoms with E-state index in [9.17, 15) is 56.7 Å². The SMILES string of the molecule is CC1=CC(CC(=O)N[C@@H](Cc2cc(F)cc(F)c2)C(=O)N[C@@H]2C(=O)N3C[C@H](OP(=O)(O)O)C[C@H]3C(=O)N3CCCC[C@H]3C(=O)N[C@@H](C)C(=O)N3C[C@H](C)C[C@H]3C(=O)O[C@H]2C)=NC1. The first-order valence-corrected chi connectivity index (χ1v) is 22.1.